The zero-order valence-corrected chi connectivity index (χ0v) is 21.0. The molecule has 2 aromatic carbocycles. The lowest BCUT2D eigenvalue weighted by molar-refractivity contribution is -0.0177. The summed E-state index contributed by atoms with van der Waals surface area (Å²) in [5, 5.41) is 17.0. The Labute approximate surface area is 207 Å². The summed E-state index contributed by atoms with van der Waals surface area (Å²) in [5.41, 5.74) is 1.18. The van der Waals surface area contributed by atoms with Crippen LogP contribution in [0.5, 0.6) is 0 Å². The third-order valence-corrected chi connectivity index (χ3v) is 6.56. The summed E-state index contributed by atoms with van der Waals surface area (Å²) >= 11 is 0. The number of hydrogen-bond acceptors (Lipinski definition) is 4. The van der Waals surface area contributed by atoms with E-state index < -0.39 is 11.6 Å². The predicted octanol–water partition coefficient (Wildman–Crippen LogP) is 4.88. The Kier molecular flexibility index (Phi) is 9.40. The predicted molar refractivity (Wildman–Crippen MR) is 137 cm³/mol. The average molecular weight is 484 g/mol. The van der Waals surface area contributed by atoms with Gasteiger partial charge in [-0.2, -0.15) is 0 Å². The lowest BCUT2D eigenvalue weighted by atomic mass is 9.87. The summed E-state index contributed by atoms with van der Waals surface area (Å²) < 4.78 is 13.2. The van der Waals surface area contributed by atoms with Crippen LogP contribution >= 0.6 is 0 Å². The van der Waals surface area contributed by atoms with E-state index in [1.54, 1.807) is 24.3 Å². The fourth-order valence-electron chi connectivity index (χ4n) is 4.91. The van der Waals surface area contributed by atoms with Gasteiger partial charge in [-0.05, 0) is 87.4 Å². The molecule has 3 N–H and O–H groups in total. The first-order valence-electron chi connectivity index (χ1n) is 12.5. The number of rotatable bonds is 10. The molecule has 1 unspecified atom stereocenters. The van der Waals surface area contributed by atoms with Crippen molar-refractivity contribution in [2.45, 2.75) is 52.1 Å². The second-order valence-corrected chi connectivity index (χ2v) is 10.3. The molecule has 0 aromatic heterocycles. The number of ketones is 1. The number of urea groups is 1. The van der Waals surface area contributed by atoms with Crippen molar-refractivity contribution >= 4 is 17.5 Å². The number of β-amino-alcohol motifs (C(OH)–C–C–N with tert-alkyl or cyclic N) is 1. The summed E-state index contributed by atoms with van der Waals surface area (Å²) in [6, 6.07) is 13.1. The molecule has 1 atom stereocenters. The van der Waals surface area contributed by atoms with Crippen molar-refractivity contribution in [1.82, 2.24) is 10.2 Å². The van der Waals surface area contributed by atoms with Gasteiger partial charge in [0.25, 0.3) is 0 Å². The maximum atomic E-state index is 13.2. The molecule has 1 aliphatic rings. The summed E-state index contributed by atoms with van der Waals surface area (Å²) in [6.07, 6.45) is 3.56. The number of nitrogens with one attached hydrogen (secondary N) is 2. The van der Waals surface area contributed by atoms with E-state index in [1.807, 2.05) is 12.1 Å². The van der Waals surface area contributed by atoms with Crippen LogP contribution in [0.15, 0.2) is 48.5 Å². The fourth-order valence-corrected chi connectivity index (χ4v) is 4.91. The molecule has 1 aliphatic heterocycles. The molecule has 1 fully saturated rings. The monoisotopic (exact) mass is 483 g/mol. The topological polar surface area (TPSA) is 81.7 Å². The maximum absolute atomic E-state index is 13.2. The number of hydrogen-bond donors (Lipinski definition) is 3. The van der Waals surface area contributed by atoms with E-state index in [-0.39, 0.29) is 24.1 Å². The van der Waals surface area contributed by atoms with Gasteiger partial charge in [-0.1, -0.05) is 38.1 Å². The zero-order valence-electron chi connectivity index (χ0n) is 21.0. The van der Waals surface area contributed by atoms with Crippen LogP contribution in [0.3, 0.4) is 0 Å². The SMILES string of the molecule is CC(=O)c1cccc(NC(=O)NCC(O)(CC(C)C)CN2CCC(Cc3ccc(F)cc3)CC2)c1. The molecule has 3 rings (SSSR count). The first kappa shape index (κ1) is 26.8. The highest BCUT2D eigenvalue weighted by atomic mass is 19.1. The Hall–Kier alpha value is -2.77. The van der Waals surface area contributed by atoms with Crippen LogP contribution in [-0.4, -0.2) is 53.6 Å². The third-order valence-electron chi connectivity index (χ3n) is 6.56. The number of halogens is 1. The van der Waals surface area contributed by atoms with Crippen molar-refractivity contribution in [1.29, 1.82) is 0 Å². The maximum Gasteiger partial charge on any atom is 0.319 e. The van der Waals surface area contributed by atoms with Crippen LogP contribution in [0.2, 0.25) is 0 Å². The molecule has 1 saturated heterocycles. The molecule has 0 bridgehead atoms. The van der Waals surface area contributed by atoms with Gasteiger partial charge in [0.05, 0.1) is 5.60 Å². The summed E-state index contributed by atoms with van der Waals surface area (Å²) in [5.74, 6) is 0.541. The zero-order chi connectivity index (χ0) is 25.4. The van der Waals surface area contributed by atoms with Gasteiger partial charge in [0.2, 0.25) is 0 Å². The molecular formula is C28H38FN3O3. The van der Waals surface area contributed by atoms with Crippen LogP contribution in [0.4, 0.5) is 14.9 Å². The smallest absolute Gasteiger partial charge is 0.319 e. The molecule has 190 valence electrons. The third kappa shape index (κ3) is 8.75. The Morgan fingerprint density at radius 2 is 1.83 bits per heavy atom. The number of anilines is 1. The number of Topliss-reactive ketones (excluding diaryl/α,β-unsaturated/α-hetero) is 1. The molecule has 0 spiro atoms. The molecule has 0 aliphatic carbocycles. The first-order valence-corrected chi connectivity index (χ1v) is 12.5. The average Bonchev–Trinajstić information content (AvgIpc) is 2.80. The minimum atomic E-state index is -1.05. The fraction of sp³-hybridized carbons (Fsp3) is 0.500. The van der Waals surface area contributed by atoms with Gasteiger partial charge in [0.15, 0.2) is 5.78 Å². The second kappa shape index (κ2) is 12.3. The van der Waals surface area contributed by atoms with Crippen molar-refractivity contribution in [3.63, 3.8) is 0 Å². The number of nitrogens with zero attached hydrogens (tertiary/aromatic N) is 1. The number of amides is 2. The highest BCUT2D eigenvalue weighted by Gasteiger charge is 2.32. The van der Waals surface area contributed by atoms with Crippen LogP contribution < -0.4 is 10.6 Å². The highest BCUT2D eigenvalue weighted by Crippen LogP contribution is 2.25. The standard InChI is InChI=1S/C28H38FN3O3/c1-20(2)17-28(35,18-30-27(34)31-26-6-4-5-24(16-26)21(3)33)19-32-13-11-23(12-14-32)15-22-7-9-25(29)10-8-22/h4-10,16,20,23,35H,11-15,17-19H2,1-3H3,(H2,30,31,34). The molecule has 2 amide bonds. The van der Waals surface area contributed by atoms with E-state index in [1.165, 1.54) is 19.1 Å². The summed E-state index contributed by atoms with van der Waals surface area (Å²) in [6.45, 7) is 8.01. The van der Waals surface area contributed by atoms with Crippen molar-refractivity contribution in [3.8, 4) is 0 Å². The van der Waals surface area contributed by atoms with Gasteiger partial charge >= 0.3 is 6.03 Å². The normalized spacial score (nSPS) is 16.6. The van der Waals surface area contributed by atoms with Crippen LogP contribution in [0, 0.1) is 17.7 Å². The number of carbonyl (C=O) groups excluding carboxylic acids is 2. The van der Waals surface area contributed by atoms with Crippen molar-refractivity contribution in [3.05, 3.63) is 65.5 Å². The quantitative estimate of drug-likeness (QED) is 0.421. The molecule has 1 heterocycles. The van der Waals surface area contributed by atoms with Gasteiger partial charge in [-0.3, -0.25) is 4.79 Å². The number of benzene rings is 2. The lowest BCUT2D eigenvalue weighted by Gasteiger charge is -2.39. The Morgan fingerprint density at radius 1 is 1.14 bits per heavy atom. The van der Waals surface area contributed by atoms with Crippen molar-refractivity contribution in [2.75, 3.05) is 31.5 Å². The van der Waals surface area contributed by atoms with Gasteiger partial charge in [-0.25, -0.2) is 9.18 Å². The summed E-state index contributed by atoms with van der Waals surface area (Å²) in [7, 11) is 0. The number of carbonyl (C=O) groups is 2. The minimum absolute atomic E-state index is 0.0678. The Morgan fingerprint density at radius 3 is 2.46 bits per heavy atom. The Balaban J connectivity index is 1.51. The van der Waals surface area contributed by atoms with Crippen LogP contribution in [-0.2, 0) is 6.42 Å². The van der Waals surface area contributed by atoms with E-state index in [0.717, 1.165) is 37.9 Å². The van der Waals surface area contributed by atoms with Gasteiger partial charge < -0.3 is 20.6 Å². The molecule has 6 nitrogen and oxygen atoms in total. The van der Waals surface area contributed by atoms with Crippen molar-refractivity contribution < 1.29 is 19.1 Å². The van der Waals surface area contributed by atoms with E-state index in [4.69, 9.17) is 0 Å². The first-order chi connectivity index (χ1) is 16.6. The minimum Gasteiger partial charge on any atom is -0.387 e. The highest BCUT2D eigenvalue weighted by molar-refractivity contribution is 5.96. The van der Waals surface area contributed by atoms with Crippen molar-refractivity contribution in [2.24, 2.45) is 11.8 Å². The van der Waals surface area contributed by atoms with E-state index >= 15 is 0 Å². The number of aliphatic hydroxyl groups is 1. The summed E-state index contributed by atoms with van der Waals surface area (Å²) in [4.78, 5) is 26.4. The van der Waals surface area contributed by atoms with E-state index in [0.29, 0.717) is 30.1 Å². The molecule has 0 radical (unpaired) electrons. The molecule has 2 aromatic rings. The second-order valence-electron chi connectivity index (χ2n) is 10.3. The van der Waals surface area contributed by atoms with Gasteiger partial charge in [-0.15, -0.1) is 0 Å². The number of piperidine rings is 1. The van der Waals surface area contributed by atoms with E-state index in [2.05, 4.69) is 29.4 Å². The molecular weight excluding hydrogens is 445 g/mol. The largest absolute Gasteiger partial charge is 0.387 e. The van der Waals surface area contributed by atoms with Gasteiger partial charge in [0, 0.05) is 24.3 Å². The van der Waals surface area contributed by atoms with Crippen LogP contribution in [0.1, 0.15) is 56.0 Å². The van der Waals surface area contributed by atoms with Crippen LogP contribution in [0.25, 0.3) is 0 Å². The van der Waals surface area contributed by atoms with E-state index in [9.17, 15) is 19.1 Å². The molecule has 7 heteroatoms. The molecule has 35 heavy (non-hydrogen) atoms. The number of likely N-dealkylation sites (tertiary alicyclic amines) is 1. The van der Waals surface area contributed by atoms with Gasteiger partial charge in [0.1, 0.15) is 5.82 Å². The molecule has 0 saturated carbocycles. The Bertz CT molecular complexity index is 987. The lowest BCUT2D eigenvalue weighted by Crippen LogP contribution is -2.53.